The van der Waals surface area contributed by atoms with Gasteiger partial charge in [0, 0.05) is 10.9 Å². The largest absolute Gasteiger partial charge is 0.469 e. The van der Waals surface area contributed by atoms with Crippen LogP contribution in [0.25, 0.3) is 21.6 Å². The number of hydrogen-bond donors (Lipinski definition) is 1. The molecule has 0 aliphatic carbocycles. The number of ether oxygens (including phenoxy) is 1. The van der Waals surface area contributed by atoms with E-state index in [-0.39, 0.29) is 24.3 Å². The first-order valence-electron chi connectivity index (χ1n) is 9.81. The van der Waals surface area contributed by atoms with Crippen LogP contribution in [0.15, 0.2) is 47.3 Å². The summed E-state index contributed by atoms with van der Waals surface area (Å²) in [5.41, 5.74) is 1.86. The van der Waals surface area contributed by atoms with Crippen LogP contribution in [0.4, 0.5) is 0 Å². The molecule has 0 bridgehead atoms. The van der Waals surface area contributed by atoms with Gasteiger partial charge in [0.05, 0.1) is 47.3 Å². The summed E-state index contributed by atoms with van der Waals surface area (Å²) < 4.78 is 6.64. The summed E-state index contributed by atoms with van der Waals surface area (Å²) in [4.78, 5) is 32.0. The summed E-state index contributed by atoms with van der Waals surface area (Å²) >= 11 is 3.05. The SMILES string of the molecule is COC(=O)CC(NC(=O)c1cc(-c2cccs2)nc2c1cnn2C(C)C)c1cccs1. The normalized spacial score (nSPS) is 12.3. The quantitative estimate of drug-likeness (QED) is 0.404. The number of pyridine rings is 1. The number of methoxy groups -OCH3 is 1. The van der Waals surface area contributed by atoms with Crippen LogP contribution in [0.2, 0.25) is 0 Å². The lowest BCUT2D eigenvalue weighted by Crippen LogP contribution is -2.30. The fourth-order valence-corrected chi connectivity index (χ4v) is 4.80. The van der Waals surface area contributed by atoms with Gasteiger partial charge >= 0.3 is 5.97 Å². The molecule has 160 valence electrons. The highest BCUT2D eigenvalue weighted by Crippen LogP contribution is 2.30. The molecule has 1 unspecified atom stereocenters. The number of nitrogens with zero attached hydrogens (tertiary/aromatic N) is 3. The predicted molar refractivity (Wildman–Crippen MR) is 122 cm³/mol. The Morgan fingerprint density at radius 2 is 1.97 bits per heavy atom. The van der Waals surface area contributed by atoms with Crippen LogP contribution >= 0.6 is 22.7 Å². The highest BCUT2D eigenvalue weighted by atomic mass is 32.1. The number of amides is 1. The molecular formula is C22H22N4O3S2. The van der Waals surface area contributed by atoms with E-state index in [1.165, 1.54) is 18.4 Å². The first kappa shape index (κ1) is 21.2. The molecule has 0 radical (unpaired) electrons. The molecule has 0 aliphatic heterocycles. The minimum absolute atomic E-state index is 0.0556. The van der Waals surface area contributed by atoms with Crippen molar-refractivity contribution in [1.29, 1.82) is 0 Å². The molecular weight excluding hydrogens is 432 g/mol. The number of carbonyl (C=O) groups excluding carboxylic acids is 2. The maximum atomic E-state index is 13.4. The number of thiophene rings is 2. The summed E-state index contributed by atoms with van der Waals surface area (Å²) in [5, 5.41) is 12.0. The number of esters is 1. The number of rotatable bonds is 7. The smallest absolute Gasteiger partial charge is 0.307 e. The van der Waals surface area contributed by atoms with E-state index in [2.05, 4.69) is 10.4 Å². The monoisotopic (exact) mass is 454 g/mol. The Bertz CT molecular complexity index is 1200. The van der Waals surface area contributed by atoms with Crippen LogP contribution in [0, 0.1) is 0 Å². The lowest BCUT2D eigenvalue weighted by Gasteiger charge is -2.17. The lowest BCUT2D eigenvalue weighted by atomic mass is 10.1. The van der Waals surface area contributed by atoms with Crippen molar-refractivity contribution in [1.82, 2.24) is 20.1 Å². The number of aromatic nitrogens is 3. The van der Waals surface area contributed by atoms with E-state index in [1.807, 2.05) is 53.6 Å². The van der Waals surface area contributed by atoms with E-state index in [4.69, 9.17) is 9.72 Å². The molecule has 0 aromatic carbocycles. The molecule has 0 aliphatic rings. The minimum Gasteiger partial charge on any atom is -0.469 e. The molecule has 4 rings (SSSR count). The Morgan fingerprint density at radius 1 is 1.19 bits per heavy atom. The number of carbonyl (C=O) groups is 2. The van der Waals surface area contributed by atoms with Gasteiger partial charge in [0.15, 0.2) is 5.65 Å². The van der Waals surface area contributed by atoms with Crippen molar-refractivity contribution in [3.8, 4) is 10.6 Å². The van der Waals surface area contributed by atoms with Gasteiger partial charge in [-0.15, -0.1) is 22.7 Å². The van der Waals surface area contributed by atoms with Gasteiger partial charge in [-0.1, -0.05) is 12.1 Å². The third-order valence-corrected chi connectivity index (χ3v) is 6.74. The zero-order valence-corrected chi connectivity index (χ0v) is 19.0. The van der Waals surface area contributed by atoms with E-state index in [9.17, 15) is 9.59 Å². The van der Waals surface area contributed by atoms with E-state index in [0.29, 0.717) is 16.6 Å². The molecule has 7 nitrogen and oxygen atoms in total. The lowest BCUT2D eigenvalue weighted by molar-refractivity contribution is -0.141. The highest BCUT2D eigenvalue weighted by Gasteiger charge is 2.24. The third-order valence-electron chi connectivity index (χ3n) is 4.86. The first-order valence-corrected chi connectivity index (χ1v) is 11.6. The van der Waals surface area contributed by atoms with Crippen molar-refractivity contribution in [3.05, 3.63) is 57.7 Å². The second-order valence-electron chi connectivity index (χ2n) is 7.27. The van der Waals surface area contributed by atoms with Crippen LogP contribution in [0.5, 0.6) is 0 Å². The number of hydrogen-bond acceptors (Lipinski definition) is 7. The second-order valence-corrected chi connectivity index (χ2v) is 9.20. The molecule has 0 fully saturated rings. The maximum absolute atomic E-state index is 13.4. The van der Waals surface area contributed by atoms with Gasteiger partial charge in [-0.3, -0.25) is 9.59 Å². The summed E-state index contributed by atoms with van der Waals surface area (Å²) in [6.07, 6.45) is 1.73. The average molecular weight is 455 g/mol. The van der Waals surface area contributed by atoms with Gasteiger partial charge in [0.2, 0.25) is 0 Å². The highest BCUT2D eigenvalue weighted by molar-refractivity contribution is 7.13. The number of nitrogens with one attached hydrogen (secondary N) is 1. The molecule has 4 heterocycles. The Balaban J connectivity index is 1.76. The second kappa shape index (κ2) is 8.99. The zero-order valence-electron chi connectivity index (χ0n) is 17.4. The summed E-state index contributed by atoms with van der Waals surface area (Å²) in [7, 11) is 1.34. The summed E-state index contributed by atoms with van der Waals surface area (Å²) in [6, 6.07) is 9.12. The van der Waals surface area contributed by atoms with E-state index < -0.39 is 6.04 Å². The van der Waals surface area contributed by atoms with E-state index in [1.54, 1.807) is 23.6 Å². The molecule has 31 heavy (non-hydrogen) atoms. The van der Waals surface area contributed by atoms with E-state index in [0.717, 1.165) is 15.4 Å². The van der Waals surface area contributed by atoms with Crippen molar-refractivity contribution < 1.29 is 14.3 Å². The molecule has 0 saturated carbocycles. The first-order chi connectivity index (χ1) is 15.0. The Hall–Kier alpha value is -3.04. The van der Waals surface area contributed by atoms with Gasteiger partial charge < -0.3 is 10.1 Å². The molecule has 9 heteroatoms. The van der Waals surface area contributed by atoms with E-state index >= 15 is 0 Å². The predicted octanol–water partition coefficient (Wildman–Crippen LogP) is 4.84. The van der Waals surface area contributed by atoms with Crippen LogP contribution < -0.4 is 5.32 Å². The molecule has 0 saturated heterocycles. The zero-order chi connectivity index (χ0) is 22.0. The van der Waals surface area contributed by atoms with Gasteiger partial charge in [0.1, 0.15) is 0 Å². The Morgan fingerprint density at radius 3 is 2.61 bits per heavy atom. The van der Waals surface area contributed by atoms with Crippen LogP contribution in [-0.4, -0.2) is 33.8 Å². The van der Waals surface area contributed by atoms with Crippen molar-refractivity contribution in [2.24, 2.45) is 0 Å². The van der Waals surface area contributed by atoms with Crippen LogP contribution in [0.3, 0.4) is 0 Å². The van der Waals surface area contributed by atoms with Crippen molar-refractivity contribution in [2.45, 2.75) is 32.4 Å². The maximum Gasteiger partial charge on any atom is 0.307 e. The standard InChI is InChI=1S/C22H22N4O3S2/c1-13(2)26-21-15(12-23-26)14(10-16(24-21)18-6-4-8-30-18)22(28)25-17(11-20(27)29-3)19-7-5-9-31-19/h4-10,12-13,17H,11H2,1-3H3,(H,25,28). The summed E-state index contributed by atoms with van der Waals surface area (Å²) in [5.74, 6) is -0.665. The van der Waals surface area contributed by atoms with Gasteiger partial charge in [-0.2, -0.15) is 5.10 Å². The van der Waals surface area contributed by atoms with Crippen molar-refractivity contribution in [3.63, 3.8) is 0 Å². The van der Waals surface area contributed by atoms with Crippen molar-refractivity contribution in [2.75, 3.05) is 7.11 Å². The number of fused-ring (bicyclic) bond motifs is 1. The molecule has 1 atom stereocenters. The molecule has 0 spiro atoms. The fourth-order valence-electron chi connectivity index (χ4n) is 3.33. The molecule has 4 aromatic heterocycles. The third kappa shape index (κ3) is 4.38. The fraction of sp³-hybridized carbons (Fsp3) is 0.273. The average Bonchev–Trinajstić information content (AvgIpc) is 3.53. The van der Waals surface area contributed by atoms with Gasteiger partial charge in [0.25, 0.3) is 5.91 Å². The van der Waals surface area contributed by atoms with Crippen LogP contribution in [0.1, 0.15) is 47.6 Å². The molecule has 1 amide bonds. The van der Waals surface area contributed by atoms with Gasteiger partial charge in [-0.05, 0) is 42.8 Å². The molecule has 4 aromatic rings. The minimum atomic E-state index is -0.478. The topological polar surface area (TPSA) is 86.1 Å². The molecule has 1 N–H and O–H groups in total. The Labute approximate surface area is 187 Å². The van der Waals surface area contributed by atoms with Crippen LogP contribution in [-0.2, 0) is 9.53 Å². The summed E-state index contributed by atoms with van der Waals surface area (Å²) in [6.45, 7) is 4.05. The van der Waals surface area contributed by atoms with Crippen molar-refractivity contribution >= 4 is 45.6 Å². The van der Waals surface area contributed by atoms with Gasteiger partial charge in [-0.25, -0.2) is 9.67 Å². The Kier molecular flexibility index (Phi) is 6.15.